The standard InChI is InChI=1S/C9H13NO2.ClH/c1-10-7-3-2-5-9(10,6-4-7)8(11)12;/h4,6-7H,2-3,5H2,1H3,(H,11,12);1H. The molecule has 0 radical (unpaired) electrons. The number of carbonyl (C=O) groups is 1. The lowest BCUT2D eigenvalue weighted by Gasteiger charge is -2.39. The first-order valence-electron chi connectivity index (χ1n) is 4.32. The molecule has 0 aromatic rings. The van der Waals surface area contributed by atoms with Crippen molar-refractivity contribution < 1.29 is 9.90 Å². The minimum atomic E-state index is -0.705. The van der Waals surface area contributed by atoms with Gasteiger partial charge < -0.3 is 5.11 Å². The van der Waals surface area contributed by atoms with Crippen LogP contribution in [0.15, 0.2) is 12.2 Å². The van der Waals surface area contributed by atoms with Gasteiger partial charge in [0.05, 0.1) is 0 Å². The van der Waals surface area contributed by atoms with Crippen LogP contribution < -0.4 is 0 Å². The molecule has 2 unspecified atom stereocenters. The summed E-state index contributed by atoms with van der Waals surface area (Å²) >= 11 is 0. The van der Waals surface area contributed by atoms with E-state index in [1.54, 1.807) is 0 Å². The highest BCUT2D eigenvalue weighted by atomic mass is 35.5. The lowest BCUT2D eigenvalue weighted by molar-refractivity contribution is -0.149. The normalized spacial score (nSPS) is 37.2. The van der Waals surface area contributed by atoms with Crippen molar-refractivity contribution in [3.05, 3.63) is 12.2 Å². The van der Waals surface area contributed by atoms with Crippen molar-refractivity contribution in [2.75, 3.05) is 7.05 Å². The third-order valence-electron chi connectivity index (χ3n) is 3.15. The molecule has 74 valence electrons. The number of halogens is 1. The Bertz CT molecular complexity index is 254. The third-order valence-corrected chi connectivity index (χ3v) is 3.15. The third kappa shape index (κ3) is 1.27. The lowest BCUT2D eigenvalue weighted by Crippen LogP contribution is -2.53. The number of likely N-dealkylation sites (N-methyl/N-ethyl adjacent to an activating group) is 1. The van der Waals surface area contributed by atoms with Crippen LogP contribution in [0.1, 0.15) is 19.3 Å². The molecular weight excluding hydrogens is 190 g/mol. The van der Waals surface area contributed by atoms with Crippen LogP contribution in [-0.2, 0) is 4.79 Å². The van der Waals surface area contributed by atoms with Crippen LogP contribution in [0, 0.1) is 0 Å². The van der Waals surface area contributed by atoms with Crippen LogP contribution in [-0.4, -0.2) is 34.6 Å². The quantitative estimate of drug-likeness (QED) is 0.653. The number of carboxylic acids is 1. The van der Waals surface area contributed by atoms with Crippen LogP contribution in [0.4, 0.5) is 0 Å². The number of piperidine rings is 1. The number of carboxylic acid groups (broad SMARTS) is 1. The maximum Gasteiger partial charge on any atom is 0.328 e. The highest BCUT2D eigenvalue weighted by Gasteiger charge is 2.48. The summed E-state index contributed by atoms with van der Waals surface area (Å²) in [5, 5.41) is 9.09. The zero-order valence-electron chi connectivity index (χ0n) is 7.56. The smallest absolute Gasteiger partial charge is 0.328 e. The summed E-state index contributed by atoms with van der Waals surface area (Å²) in [6.45, 7) is 0. The van der Waals surface area contributed by atoms with Gasteiger partial charge in [-0.15, -0.1) is 12.4 Å². The molecule has 1 fully saturated rings. The molecule has 3 nitrogen and oxygen atoms in total. The molecule has 2 atom stereocenters. The molecule has 4 heteroatoms. The van der Waals surface area contributed by atoms with E-state index in [9.17, 15) is 4.79 Å². The van der Waals surface area contributed by atoms with Crippen LogP contribution in [0.25, 0.3) is 0 Å². The van der Waals surface area contributed by atoms with Crippen molar-refractivity contribution in [1.29, 1.82) is 0 Å². The van der Waals surface area contributed by atoms with Gasteiger partial charge in [-0.25, -0.2) is 4.79 Å². The van der Waals surface area contributed by atoms with Gasteiger partial charge in [-0.05, 0) is 26.3 Å². The number of fused-ring (bicyclic) bond motifs is 2. The first-order chi connectivity index (χ1) is 5.67. The predicted octanol–water partition coefficient (Wildman–Crippen LogP) is 1.29. The van der Waals surface area contributed by atoms with Crippen molar-refractivity contribution in [2.45, 2.75) is 30.8 Å². The average molecular weight is 204 g/mol. The second-order valence-corrected chi connectivity index (χ2v) is 3.66. The van der Waals surface area contributed by atoms with Crippen LogP contribution in [0.5, 0.6) is 0 Å². The van der Waals surface area contributed by atoms with Gasteiger partial charge in [-0.2, -0.15) is 0 Å². The Morgan fingerprint density at radius 3 is 2.92 bits per heavy atom. The summed E-state index contributed by atoms with van der Waals surface area (Å²) in [7, 11) is 1.90. The molecule has 0 aromatic carbocycles. The van der Waals surface area contributed by atoms with Gasteiger partial charge in [0.15, 0.2) is 0 Å². The van der Waals surface area contributed by atoms with Crippen molar-refractivity contribution in [3.8, 4) is 0 Å². The van der Waals surface area contributed by atoms with Crippen LogP contribution in [0.2, 0.25) is 0 Å². The first kappa shape index (κ1) is 10.5. The molecule has 0 spiro atoms. The fraction of sp³-hybridized carbons (Fsp3) is 0.667. The van der Waals surface area contributed by atoms with E-state index in [4.69, 9.17) is 5.11 Å². The number of hydrogen-bond acceptors (Lipinski definition) is 2. The summed E-state index contributed by atoms with van der Waals surface area (Å²) < 4.78 is 0. The Morgan fingerprint density at radius 2 is 2.38 bits per heavy atom. The van der Waals surface area contributed by atoms with Gasteiger partial charge in [0.2, 0.25) is 0 Å². The van der Waals surface area contributed by atoms with E-state index in [1.807, 2.05) is 24.1 Å². The minimum absolute atomic E-state index is 0. The van der Waals surface area contributed by atoms with Gasteiger partial charge in [-0.1, -0.05) is 12.2 Å². The van der Waals surface area contributed by atoms with Gasteiger partial charge in [-0.3, -0.25) is 4.90 Å². The van der Waals surface area contributed by atoms with Crippen LogP contribution >= 0.6 is 12.4 Å². The van der Waals surface area contributed by atoms with E-state index in [0.29, 0.717) is 6.04 Å². The second kappa shape index (κ2) is 3.31. The molecule has 2 bridgehead atoms. The number of aliphatic carboxylic acids is 1. The molecule has 2 rings (SSSR count). The molecular formula is C9H14ClNO2. The summed E-state index contributed by atoms with van der Waals surface area (Å²) in [5.41, 5.74) is -0.678. The highest BCUT2D eigenvalue weighted by Crippen LogP contribution is 2.37. The summed E-state index contributed by atoms with van der Waals surface area (Å²) in [6.07, 6.45) is 6.76. The zero-order valence-corrected chi connectivity index (χ0v) is 8.38. The predicted molar refractivity (Wildman–Crippen MR) is 52.2 cm³/mol. The van der Waals surface area contributed by atoms with E-state index >= 15 is 0 Å². The van der Waals surface area contributed by atoms with Gasteiger partial charge in [0.25, 0.3) is 0 Å². The summed E-state index contributed by atoms with van der Waals surface area (Å²) in [4.78, 5) is 13.0. The maximum atomic E-state index is 11.1. The Kier molecular flexibility index (Phi) is 2.68. The number of hydrogen-bond donors (Lipinski definition) is 1. The largest absolute Gasteiger partial charge is 0.480 e. The second-order valence-electron chi connectivity index (χ2n) is 3.66. The molecule has 2 heterocycles. The number of nitrogens with zero attached hydrogens (tertiary/aromatic N) is 1. The van der Waals surface area contributed by atoms with E-state index < -0.39 is 11.5 Å². The van der Waals surface area contributed by atoms with Gasteiger partial charge in [0, 0.05) is 6.04 Å². The molecule has 2 aliphatic rings. The number of rotatable bonds is 1. The first-order valence-corrected chi connectivity index (χ1v) is 4.32. The average Bonchev–Trinajstić information content (AvgIpc) is 2.28. The summed E-state index contributed by atoms with van der Waals surface area (Å²) in [5.74, 6) is -0.705. The maximum absolute atomic E-state index is 11.1. The minimum Gasteiger partial charge on any atom is -0.480 e. The van der Waals surface area contributed by atoms with E-state index in [0.717, 1.165) is 19.3 Å². The Labute approximate surface area is 83.8 Å². The molecule has 1 N–H and O–H groups in total. The van der Waals surface area contributed by atoms with E-state index in [1.165, 1.54) is 0 Å². The Balaban J connectivity index is 0.000000845. The molecule has 2 aliphatic heterocycles. The van der Waals surface area contributed by atoms with Crippen LogP contribution in [0.3, 0.4) is 0 Å². The molecule has 0 aromatic heterocycles. The highest BCUT2D eigenvalue weighted by molar-refractivity contribution is 5.85. The zero-order chi connectivity index (χ0) is 8.77. The van der Waals surface area contributed by atoms with Gasteiger partial charge in [0.1, 0.15) is 5.54 Å². The van der Waals surface area contributed by atoms with Crippen molar-refractivity contribution >= 4 is 18.4 Å². The Hall–Kier alpha value is -0.540. The van der Waals surface area contributed by atoms with Gasteiger partial charge >= 0.3 is 5.97 Å². The molecule has 0 aliphatic carbocycles. The van der Waals surface area contributed by atoms with Crippen molar-refractivity contribution in [1.82, 2.24) is 4.90 Å². The van der Waals surface area contributed by atoms with E-state index in [-0.39, 0.29) is 12.4 Å². The fourth-order valence-electron chi connectivity index (χ4n) is 2.27. The molecule has 0 saturated carbocycles. The van der Waals surface area contributed by atoms with Crippen molar-refractivity contribution in [2.24, 2.45) is 0 Å². The monoisotopic (exact) mass is 203 g/mol. The van der Waals surface area contributed by atoms with E-state index in [2.05, 4.69) is 0 Å². The topological polar surface area (TPSA) is 40.5 Å². The fourth-order valence-corrected chi connectivity index (χ4v) is 2.27. The molecule has 1 saturated heterocycles. The summed E-state index contributed by atoms with van der Waals surface area (Å²) in [6, 6.07) is 0.356. The SMILES string of the molecule is CN1C2C=CC1(C(=O)O)CCC2.Cl. The van der Waals surface area contributed by atoms with Crippen molar-refractivity contribution in [3.63, 3.8) is 0 Å². The Morgan fingerprint density at radius 1 is 1.69 bits per heavy atom. The molecule has 0 amide bonds. The molecule has 13 heavy (non-hydrogen) atoms. The lowest BCUT2D eigenvalue weighted by atomic mass is 9.89.